The van der Waals surface area contributed by atoms with Crippen molar-refractivity contribution < 1.29 is 34.6 Å². The molecular weight excluding hydrogens is 844 g/mol. The molecule has 0 spiro atoms. The molecule has 0 saturated carbocycles. The quantitative estimate of drug-likeness (QED) is 0.126. The molecule has 8 aromatic rings. The van der Waals surface area contributed by atoms with Gasteiger partial charge in [-0.25, -0.2) is 0 Å². The first-order chi connectivity index (χ1) is 24.8. The van der Waals surface area contributed by atoms with Crippen molar-refractivity contribution >= 4 is 43.7 Å². The molecule has 9 rings (SSSR count). The van der Waals surface area contributed by atoms with Gasteiger partial charge in [-0.2, -0.15) is 0 Å². The maximum atomic E-state index is 13.0. The van der Waals surface area contributed by atoms with E-state index >= 15 is 0 Å². The Balaban J connectivity index is 0.00000400. The van der Waals surface area contributed by atoms with Crippen LogP contribution in [0.2, 0.25) is 0 Å². The molecule has 8 heteroatoms. The van der Waals surface area contributed by atoms with Crippen LogP contribution in [-0.4, -0.2) is 9.97 Å². The molecule has 0 unspecified atom stereocenters. The van der Waals surface area contributed by atoms with E-state index in [-0.39, 0.29) is 31.9 Å². The van der Waals surface area contributed by atoms with Crippen LogP contribution in [0, 0.1) is 12.1 Å². The number of ether oxygens (including phenoxy) is 1. The van der Waals surface area contributed by atoms with Crippen LogP contribution in [0.3, 0.4) is 0 Å². The number of rotatable bonds is 2. The number of nitrogens with zero attached hydrogens (tertiary/aromatic N) is 2. The van der Waals surface area contributed by atoms with Gasteiger partial charge in [-0.3, -0.25) is 19.6 Å². The molecule has 264 valence electrons. The molecule has 0 saturated heterocycles. The van der Waals surface area contributed by atoms with Crippen LogP contribution in [0.4, 0.5) is 0 Å². The fraction of sp³-hybridized carbons (Fsp3) is 0.200. The summed E-state index contributed by atoms with van der Waals surface area (Å²) in [6, 6.07) is 37.1. The Bertz CT molecular complexity index is 2710. The van der Waals surface area contributed by atoms with E-state index in [1.807, 2.05) is 24.3 Å². The third-order valence-corrected chi connectivity index (χ3v) is 10.2. The number of benzene rings is 4. The molecule has 0 N–H and O–H groups in total. The Morgan fingerprint density at radius 2 is 1.02 bits per heavy atom. The molecule has 5 heterocycles. The summed E-state index contributed by atoms with van der Waals surface area (Å²) in [5, 5.41) is 1.93. The van der Waals surface area contributed by atoms with Gasteiger partial charge in [0.2, 0.25) is 0 Å². The van der Waals surface area contributed by atoms with Crippen LogP contribution in [0.1, 0.15) is 75.2 Å². The zero-order chi connectivity index (χ0) is 36.2. The monoisotopic (exact) mass is 877 g/mol. The van der Waals surface area contributed by atoms with Crippen molar-refractivity contribution in [3.05, 3.63) is 164 Å². The van der Waals surface area contributed by atoms with Crippen molar-refractivity contribution in [2.75, 3.05) is 0 Å². The Labute approximate surface area is 319 Å². The van der Waals surface area contributed by atoms with Crippen molar-refractivity contribution in [3.63, 3.8) is 0 Å². The molecule has 1 aliphatic heterocycles. The zero-order valence-electron chi connectivity index (χ0n) is 30.0. The van der Waals surface area contributed by atoms with Crippen LogP contribution in [0.5, 0.6) is 11.5 Å². The van der Waals surface area contributed by atoms with Gasteiger partial charge in [0.25, 0.3) is 11.3 Å². The van der Waals surface area contributed by atoms with Gasteiger partial charge >= 0.3 is 21.1 Å². The van der Waals surface area contributed by atoms with Gasteiger partial charge in [0.05, 0.1) is 11.4 Å². The minimum Gasteiger partial charge on any atom is -0.457 e. The third-order valence-electron chi connectivity index (χ3n) is 10.2. The maximum Gasteiger partial charge on any atom is 2.00 e. The molecule has 0 amide bonds. The summed E-state index contributed by atoms with van der Waals surface area (Å²) in [6.07, 6.45) is 0. The van der Waals surface area contributed by atoms with Crippen LogP contribution in [-0.2, 0) is 37.3 Å². The van der Waals surface area contributed by atoms with Crippen molar-refractivity contribution in [2.24, 2.45) is 0 Å². The summed E-state index contributed by atoms with van der Waals surface area (Å²) in [7, 11) is 0. The summed E-state index contributed by atoms with van der Waals surface area (Å²) in [5.41, 5.74) is 4.46. The van der Waals surface area contributed by atoms with Crippen LogP contribution in [0.25, 0.3) is 43.7 Å². The van der Waals surface area contributed by atoms with E-state index in [0.717, 1.165) is 22.3 Å². The second-order valence-corrected chi connectivity index (χ2v) is 15.6. The van der Waals surface area contributed by atoms with Gasteiger partial charge < -0.3 is 13.6 Å². The molecular formula is C45H34N2O5Pt. The smallest absolute Gasteiger partial charge is 0.457 e. The summed E-state index contributed by atoms with van der Waals surface area (Å²) in [6.45, 7) is 13.1. The van der Waals surface area contributed by atoms with Gasteiger partial charge in [0.15, 0.2) is 0 Å². The fourth-order valence-corrected chi connectivity index (χ4v) is 7.45. The van der Waals surface area contributed by atoms with Crippen LogP contribution >= 0.6 is 0 Å². The SMILES string of the molecule is CC(C)(C)c1ccc2c(c1)C(c1ccc3oc(=O)c4ccc[c-]c4c3n1)(c1ccc3oc(=O)c4ccc[c-]c4c3n1)c1cc(C(C)(C)C)ccc1O2.[Pt+2]. The average Bonchev–Trinajstić information content (AvgIpc) is 3.13. The topological polar surface area (TPSA) is 95.4 Å². The summed E-state index contributed by atoms with van der Waals surface area (Å²) in [4.78, 5) is 36.9. The molecule has 0 atom stereocenters. The van der Waals surface area contributed by atoms with E-state index < -0.39 is 16.7 Å². The van der Waals surface area contributed by atoms with Crippen molar-refractivity contribution in [1.29, 1.82) is 0 Å². The molecule has 1 aliphatic rings. The Morgan fingerprint density at radius 1 is 0.585 bits per heavy atom. The van der Waals surface area contributed by atoms with E-state index in [1.165, 1.54) is 0 Å². The minimum absolute atomic E-state index is 0. The molecule has 0 aliphatic carbocycles. The second kappa shape index (κ2) is 12.1. The molecule has 0 bridgehead atoms. The van der Waals surface area contributed by atoms with Crippen molar-refractivity contribution in [1.82, 2.24) is 9.97 Å². The van der Waals surface area contributed by atoms with Gasteiger partial charge in [0.1, 0.15) is 28.1 Å². The number of pyridine rings is 2. The molecule has 0 radical (unpaired) electrons. The largest absolute Gasteiger partial charge is 2.00 e. The predicted molar refractivity (Wildman–Crippen MR) is 203 cm³/mol. The van der Waals surface area contributed by atoms with E-state index in [1.54, 1.807) is 48.5 Å². The standard InChI is InChI=1S/C45H34N2O5.Pt/c1-43(2,3)25-15-17-33-31(23-25)45(32-24-26(44(4,5)6)16-18-34(32)50-33,37-21-19-35-39(46-37)27-11-7-9-13-29(27)41(48)51-35)38-22-20-36-40(47-38)28-12-8-10-14-30(28)42(49)52-36;/h7-10,13-24H,1-6H3;/q-2;+2. The predicted octanol–water partition coefficient (Wildman–Crippen LogP) is 9.68. The first kappa shape index (κ1) is 34.7. The van der Waals surface area contributed by atoms with Crippen LogP contribution < -0.4 is 16.0 Å². The molecule has 4 aromatic heterocycles. The summed E-state index contributed by atoms with van der Waals surface area (Å²) in [5.74, 6) is 1.33. The normalized spacial score (nSPS) is 13.8. The van der Waals surface area contributed by atoms with Gasteiger partial charge in [-0.05, 0) is 81.3 Å². The maximum absolute atomic E-state index is 13.0. The summed E-state index contributed by atoms with van der Waals surface area (Å²) >= 11 is 0. The van der Waals surface area contributed by atoms with E-state index in [9.17, 15) is 9.59 Å². The first-order valence-electron chi connectivity index (χ1n) is 17.3. The number of aromatic nitrogens is 2. The van der Waals surface area contributed by atoms with Gasteiger partial charge in [0, 0.05) is 22.2 Å². The van der Waals surface area contributed by atoms with Crippen LogP contribution in [0.15, 0.2) is 115 Å². The molecule has 4 aromatic carbocycles. The summed E-state index contributed by atoms with van der Waals surface area (Å²) < 4.78 is 18.4. The zero-order valence-corrected chi connectivity index (χ0v) is 32.3. The van der Waals surface area contributed by atoms with E-state index in [2.05, 4.69) is 77.9 Å². The number of hydrogen-bond donors (Lipinski definition) is 0. The molecule has 53 heavy (non-hydrogen) atoms. The Hall–Kier alpha value is -5.39. The van der Waals surface area contributed by atoms with E-state index in [4.69, 9.17) is 23.5 Å². The fourth-order valence-electron chi connectivity index (χ4n) is 7.45. The van der Waals surface area contributed by atoms with Crippen molar-refractivity contribution in [2.45, 2.75) is 57.8 Å². The number of fused-ring (bicyclic) bond motifs is 8. The van der Waals surface area contributed by atoms with Gasteiger partial charge in [-0.15, -0.1) is 59.3 Å². The third kappa shape index (κ3) is 5.27. The van der Waals surface area contributed by atoms with E-state index in [0.29, 0.717) is 66.6 Å². The average molecular weight is 878 g/mol. The van der Waals surface area contributed by atoms with Gasteiger partial charge in [-0.1, -0.05) is 53.7 Å². The minimum atomic E-state index is -1.16. The number of hydrogen-bond acceptors (Lipinski definition) is 7. The molecule has 7 nitrogen and oxygen atoms in total. The first-order valence-corrected chi connectivity index (χ1v) is 17.3. The Kier molecular flexibility index (Phi) is 7.90. The Morgan fingerprint density at radius 3 is 1.43 bits per heavy atom. The molecule has 0 fully saturated rings. The van der Waals surface area contributed by atoms with Crippen molar-refractivity contribution in [3.8, 4) is 11.5 Å². The second-order valence-electron chi connectivity index (χ2n) is 15.6.